The Morgan fingerprint density at radius 1 is 1.10 bits per heavy atom. The largest absolute Gasteiger partial charge is 0.496 e. The summed E-state index contributed by atoms with van der Waals surface area (Å²) in [5, 5.41) is 0.654. The number of benzene rings is 2. The zero-order valence-corrected chi connectivity index (χ0v) is 12.7. The second-order valence-electron chi connectivity index (χ2n) is 4.85. The number of rotatable bonds is 4. The third-order valence-corrected chi connectivity index (χ3v) is 3.53. The van der Waals surface area contributed by atoms with Crippen LogP contribution in [0.5, 0.6) is 5.75 Å². The van der Waals surface area contributed by atoms with Crippen molar-refractivity contribution in [3.63, 3.8) is 0 Å². The van der Waals surface area contributed by atoms with E-state index in [-0.39, 0.29) is 6.04 Å². The Labute approximate surface area is 124 Å². The highest BCUT2D eigenvalue weighted by atomic mass is 35.5. The Kier molecular flexibility index (Phi) is 4.53. The average molecular weight is 291 g/mol. The molecule has 0 aromatic heterocycles. The molecule has 2 aromatic rings. The first kappa shape index (κ1) is 14.7. The zero-order valence-electron chi connectivity index (χ0n) is 11.9. The van der Waals surface area contributed by atoms with E-state index in [0.717, 1.165) is 22.6 Å². The summed E-state index contributed by atoms with van der Waals surface area (Å²) < 4.78 is 5.36. The van der Waals surface area contributed by atoms with Crippen LogP contribution in [0.3, 0.4) is 0 Å². The number of hydrogen-bond donors (Lipinski definition) is 1. The number of nitrogens with two attached hydrogens (primary N) is 1. The minimum absolute atomic E-state index is 0.264. The highest BCUT2D eigenvalue weighted by Crippen LogP contribution is 2.31. The summed E-state index contributed by atoms with van der Waals surface area (Å²) in [6.45, 7) is 0. The van der Waals surface area contributed by atoms with E-state index in [1.54, 1.807) is 13.2 Å². The number of anilines is 1. The summed E-state index contributed by atoms with van der Waals surface area (Å²) in [5.74, 6) is 0.749. The summed E-state index contributed by atoms with van der Waals surface area (Å²) >= 11 is 6.05. The van der Waals surface area contributed by atoms with Gasteiger partial charge in [-0.05, 0) is 35.9 Å². The van der Waals surface area contributed by atoms with Gasteiger partial charge in [0.15, 0.2) is 0 Å². The third-order valence-electron chi connectivity index (χ3n) is 3.30. The number of ether oxygens (including phenoxy) is 1. The highest BCUT2D eigenvalue weighted by molar-refractivity contribution is 6.30. The molecular weight excluding hydrogens is 272 g/mol. The maximum absolute atomic E-state index is 6.34. The Balaban J connectivity index is 2.35. The SMILES string of the molecule is COc1ccc(Cl)cc1C(N)c1ccc(N(C)C)cc1. The molecule has 0 saturated carbocycles. The molecule has 0 amide bonds. The van der Waals surface area contributed by atoms with E-state index in [4.69, 9.17) is 22.1 Å². The summed E-state index contributed by atoms with van der Waals surface area (Å²) in [6.07, 6.45) is 0. The van der Waals surface area contributed by atoms with Crippen molar-refractivity contribution in [2.24, 2.45) is 5.73 Å². The van der Waals surface area contributed by atoms with E-state index < -0.39 is 0 Å². The number of halogens is 1. The van der Waals surface area contributed by atoms with Gasteiger partial charge in [-0.25, -0.2) is 0 Å². The van der Waals surface area contributed by atoms with Crippen molar-refractivity contribution in [1.29, 1.82) is 0 Å². The molecule has 2 N–H and O–H groups in total. The van der Waals surface area contributed by atoms with Crippen molar-refractivity contribution in [2.45, 2.75) is 6.04 Å². The van der Waals surface area contributed by atoms with Gasteiger partial charge in [0.1, 0.15) is 5.75 Å². The number of methoxy groups -OCH3 is 1. The molecule has 0 saturated heterocycles. The lowest BCUT2D eigenvalue weighted by atomic mass is 9.98. The lowest BCUT2D eigenvalue weighted by molar-refractivity contribution is 0.408. The van der Waals surface area contributed by atoms with Crippen LogP contribution in [-0.4, -0.2) is 21.2 Å². The van der Waals surface area contributed by atoms with Crippen molar-refractivity contribution in [3.8, 4) is 5.75 Å². The minimum atomic E-state index is -0.264. The lowest BCUT2D eigenvalue weighted by Crippen LogP contribution is -2.14. The van der Waals surface area contributed by atoms with Gasteiger partial charge >= 0.3 is 0 Å². The molecule has 1 unspecified atom stereocenters. The van der Waals surface area contributed by atoms with E-state index in [0.29, 0.717) is 5.02 Å². The van der Waals surface area contributed by atoms with Gasteiger partial charge in [0.2, 0.25) is 0 Å². The topological polar surface area (TPSA) is 38.5 Å². The smallest absolute Gasteiger partial charge is 0.124 e. The molecule has 4 heteroatoms. The van der Waals surface area contributed by atoms with Gasteiger partial charge in [0, 0.05) is 30.4 Å². The molecule has 3 nitrogen and oxygen atoms in total. The van der Waals surface area contributed by atoms with Crippen LogP contribution >= 0.6 is 11.6 Å². The van der Waals surface area contributed by atoms with Gasteiger partial charge in [-0.1, -0.05) is 23.7 Å². The van der Waals surface area contributed by atoms with Crippen LogP contribution in [0.4, 0.5) is 5.69 Å². The summed E-state index contributed by atoms with van der Waals surface area (Å²) in [7, 11) is 5.65. The van der Waals surface area contributed by atoms with Gasteiger partial charge in [-0.3, -0.25) is 0 Å². The second kappa shape index (κ2) is 6.16. The van der Waals surface area contributed by atoms with Crippen LogP contribution < -0.4 is 15.4 Å². The molecule has 2 aromatic carbocycles. The molecular formula is C16H19ClN2O. The molecule has 0 aliphatic rings. The molecule has 0 aliphatic heterocycles. The summed E-state index contributed by atoms with van der Waals surface area (Å²) in [6, 6.07) is 13.4. The summed E-state index contributed by atoms with van der Waals surface area (Å²) in [5.41, 5.74) is 9.38. The molecule has 0 spiro atoms. The first-order valence-electron chi connectivity index (χ1n) is 6.39. The van der Waals surface area contributed by atoms with Crippen LogP contribution in [0.2, 0.25) is 5.02 Å². The Morgan fingerprint density at radius 2 is 1.75 bits per heavy atom. The normalized spacial score (nSPS) is 12.1. The van der Waals surface area contributed by atoms with Gasteiger partial charge < -0.3 is 15.4 Å². The van der Waals surface area contributed by atoms with Crippen LogP contribution in [0.15, 0.2) is 42.5 Å². The molecule has 1 atom stereocenters. The molecule has 2 rings (SSSR count). The standard InChI is InChI=1S/C16H19ClN2O/c1-19(2)13-7-4-11(5-8-13)16(18)14-10-12(17)6-9-15(14)20-3/h4-10,16H,18H2,1-3H3. The predicted molar refractivity (Wildman–Crippen MR) is 84.8 cm³/mol. The van der Waals surface area contributed by atoms with Crippen LogP contribution in [-0.2, 0) is 0 Å². The van der Waals surface area contributed by atoms with Crippen molar-refractivity contribution in [2.75, 3.05) is 26.1 Å². The Hall–Kier alpha value is -1.71. The second-order valence-corrected chi connectivity index (χ2v) is 5.29. The minimum Gasteiger partial charge on any atom is -0.496 e. The van der Waals surface area contributed by atoms with Crippen molar-refractivity contribution < 1.29 is 4.74 Å². The molecule has 20 heavy (non-hydrogen) atoms. The number of hydrogen-bond acceptors (Lipinski definition) is 3. The first-order chi connectivity index (χ1) is 9.52. The van der Waals surface area contributed by atoms with E-state index in [1.165, 1.54) is 0 Å². The molecule has 0 heterocycles. The lowest BCUT2D eigenvalue weighted by Gasteiger charge is -2.18. The van der Waals surface area contributed by atoms with E-state index in [1.807, 2.05) is 50.5 Å². The Bertz CT molecular complexity index is 582. The first-order valence-corrected chi connectivity index (χ1v) is 6.77. The van der Waals surface area contributed by atoms with E-state index in [2.05, 4.69) is 4.90 Å². The van der Waals surface area contributed by atoms with Gasteiger partial charge in [-0.2, -0.15) is 0 Å². The van der Waals surface area contributed by atoms with Crippen LogP contribution in [0, 0.1) is 0 Å². The fourth-order valence-corrected chi connectivity index (χ4v) is 2.29. The maximum atomic E-state index is 6.34. The molecule has 0 bridgehead atoms. The van der Waals surface area contributed by atoms with Crippen molar-refractivity contribution >= 4 is 17.3 Å². The fourth-order valence-electron chi connectivity index (χ4n) is 2.11. The van der Waals surface area contributed by atoms with E-state index in [9.17, 15) is 0 Å². The molecule has 0 radical (unpaired) electrons. The highest BCUT2D eigenvalue weighted by Gasteiger charge is 2.14. The maximum Gasteiger partial charge on any atom is 0.124 e. The quantitative estimate of drug-likeness (QED) is 0.937. The van der Waals surface area contributed by atoms with Crippen molar-refractivity contribution in [3.05, 3.63) is 58.6 Å². The fraction of sp³-hybridized carbons (Fsp3) is 0.250. The molecule has 0 fully saturated rings. The Morgan fingerprint density at radius 3 is 2.30 bits per heavy atom. The number of nitrogens with zero attached hydrogens (tertiary/aromatic N) is 1. The molecule has 106 valence electrons. The average Bonchev–Trinajstić information content (AvgIpc) is 2.46. The third kappa shape index (κ3) is 3.06. The zero-order chi connectivity index (χ0) is 14.7. The van der Waals surface area contributed by atoms with Crippen molar-refractivity contribution in [1.82, 2.24) is 0 Å². The predicted octanol–water partition coefficient (Wildman–Crippen LogP) is 3.46. The summed E-state index contributed by atoms with van der Waals surface area (Å²) in [4.78, 5) is 2.05. The molecule has 0 aliphatic carbocycles. The van der Waals surface area contributed by atoms with Gasteiger partial charge in [-0.15, -0.1) is 0 Å². The van der Waals surface area contributed by atoms with Gasteiger partial charge in [0.05, 0.1) is 13.2 Å². The van der Waals surface area contributed by atoms with Crippen LogP contribution in [0.1, 0.15) is 17.2 Å². The van der Waals surface area contributed by atoms with E-state index >= 15 is 0 Å². The van der Waals surface area contributed by atoms with Crippen LogP contribution in [0.25, 0.3) is 0 Å². The van der Waals surface area contributed by atoms with Gasteiger partial charge in [0.25, 0.3) is 0 Å². The monoisotopic (exact) mass is 290 g/mol.